The van der Waals surface area contributed by atoms with Gasteiger partial charge in [-0.05, 0) is 18.2 Å². The minimum Gasteiger partial charge on any atom is -0.309 e. The second-order valence-corrected chi connectivity index (χ2v) is 4.85. The molecule has 0 saturated heterocycles. The highest BCUT2D eigenvalue weighted by atomic mass is 79.9. The second kappa shape index (κ2) is 4.03. The summed E-state index contributed by atoms with van der Waals surface area (Å²) in [5, 5.41) is 7.96. The Hall–Kier alpha value is -1.13. The maximum atomic E-state index is 4.62. The summed E-state index contributed by atoms with van der Waals surface area (Å²) in [6.45, 7) is 2.89. The summed E-state index contributed by atoms with van der Waals surface area (Å²) in [7, 11) is 0. The molecule has 0 amide bonds. The van der Waals surface area contributed by atoms with Gasteiger partial charge < -0.3 is 5.32 Å². The first-order valence-electron chi connectivity index (χ1n) is 5.36. The predicted octanol–water partition coefficient (Wildman–Crippen LogP) is 2.42. The van der Waals surface area contributed by atoms with E-state index in [0.717, 1.165) is 35.4 Å². The Kier molecular flexibility index (Phi) is 2.53. The number of rotatable bonds is 1. The molecule has 0 unspecified atom stereocenters. The second-order valence-electron chi connectivity index (χ2n) is 3.93. The Morgan fingerprint density at radius 2 is 2.25 bits per heavy atom. The van der Waals surface area contributed by atoms with E-state index in [1.165, 1.54) is 5.69 Å². The van der Waals surface area contributed by atoms with E-state index < -0.39 is 0 Å². The van der Waals surface area contributed by atoms with Crippen LogP contribution in [0.3, 0.4) is 0 Å². The van der Waals surface area contributed by atoms with E-state index in [1.54, 1.807) is 0 Å². The Bertz CT molecular complexity index is 495. The molecule has 3 nitrogen and oxygen atoms in total. The van der Waals surface area contributed by atoms with Crippen LogP contribution < -0.4 is 5.32 Å². The van der Waals surface area contributed by atoms with Crippen molar-refractivity contribution in [3.63, 3.8) is 0 Å². The van der Waals surface area contributed by atoms with Crippen molar-refractivity contribution in [1.29, 1.82) is 0 Å². The van der Waals surface area contributed by atoms with Crippen molar-refractivity contribution in [2.24, 2.45) is 0 Å². The standard InChI is InChI=1S/C12H12BrN3/c13-10-3-1-2-9(6-10)12-7-11-8-14-4-5-16(11)15-12/h1-3,6-7,14H,4-5,8H2. The number of nitrogens with one attached hydrogen (secondary N) is 1. The monoisotopic (exact) mass is 277 g/mol. The van der Waals surface area contributed by atoms with Crippen molar-refractivity contribution < 1.29 is 0 Å². The van der Waals surface area contributed by atoms with Gasteiger partial charge >= 0.3 is 0 Å². The molecule has 0 atom stereocenters. The molecule has 1 aliphatic rings. The smallest absolute Gasteiger partial charge is 0.0926 e. The fourth-order valence-corrected chi connectivity index (χ4v) is 2.38. The average Bonchev–Trinajstić information content (AvgIpc) is 2.72. The van der Waals surface area contributed by atoms with Gasteiger partial charge in [0.1, 0.15) is 0 Å². The van der Waals surface area contributed by atoms with E-state index in [2.05, 4.69) is 49.2 Å². The minimum atomic E-state index is 0.918. The van der Waals surface area contributed by atoms with E-state index >= 15 is 0 Å². The fourth-order valence-electron chi connectivity index (χ4n) is 1.98. The van der Waals surface area contributed by atoms with Crippen LogP contribution in [0.2, 0.25) is 0 Å². The lowest BCUT2D eigenvalue weighted by Crippen LogP contribution is -2.28. The highest BCUT2D eigenvalue weighted by molar-refractivity contribution is 9.10. The van der Waals surface area contributed by atoms with Crippen LogP contribution >= 0.6 is 15.9 Å². The van der Waals surface area contributed by atoms with Gasteiger partial charge in [0.25, 0.3) is 0 Å². The molecule has 2 heterocycles. The number of hydrogen-bond donors (Lipinski definition) is 1. The van der Waals surface area contributed by atoms with Gasteiger partial charge in [-0.3, -0.25) is 4.68 Å². The summed E-state index contributed by atoms with van der Waals surface area (Å²) in [5.74, 6) is 0. The van der Waals surface area contributed by atoms with E-state index in [-0.39, 0.29) is 0 Å². The minimum absolute atomic E-state index is 0.918. The summed E-state index contributed by atoms with van der Waals surface area (Å²) < 4.78 is 3.18. The molecule has 0 aliphatic carbocycles. The van der Waals surface area contributed by atoms with Crippen molar-refractivity contribution in [2.75, 3.05) is 6.54 Å². The molecule has 82 valence electrons. The predicted molar refractivity (Wildman–Crippen MR) is 67.1 cm³/mol. The van der Waals surface area contributed by atoms with Crippen molar-refractivity contribution in [1.82, 2.24) is 15.1 Å². The molecule has 1 aromatic carbocycles. The first kappa shape index (κ1) is 10.1. The van der Waals surface area contributed by atoms with Gasteiger partial charge in [0.2, 0.25) is 0 Å². The zero-order valence-electron chi connectivity index (χ0n) is 8.78. The topological polar surface area (TPSA) is 29.9 Å². The van der Waals surface area contributed by atoms with Gasteiger partial charge in [0.15, 0.2) is 0 Å². The Morgan fingerprint density at radius 3 is 3.06 bits per heavy atom. The van der Waals surface area contributed by atoms with Crippen LogP contribution in [0.4, 0.5) is 0 Å². The average molecular weight is 278 g/mol. The number of fused-ring (bicyclic) bond motifs is 1. The molecule has 1 aromatic heterocycles. The normalized spacial score (nSPS) is 14.8. The fraction of sp³-hybridized carbons (Fsp3) is 0.250. The zero-order valence-corrected chi connectivity index (χ0v) is 10.4. The number of nitrogens with zero attached hydrogens (tertiary/aromatic N) is 2. The molecule has 4 heteroatoms. The number of halogens is 1. The van der Waals surface area contributed by atoms with Gasteiger partial charge in [0, 0.05) is 23.1 Å². The van der Waals surface area contributed by atoms with Gasteiger partial charge in [-0.2, -0.15) is 5.10 Å². The first-order valence-corrected chi connectivity index (χ1v) is 6.15. The molecular formula is C12H12BrN3. The van der Waals surface area contributed by atoms with Gasteiger partial charge in [-0.1, -0.05) is 28.1 Å². The van der Waals surface area contributed by atoms with E-state index in [4.69, 9.17) is 0 Å². The summed E-state index contributed by atoms with van der Waals surface area (Å²) in [6, 6.07) is 10.4. The van der Waals surface area contributed by atoms with Crippen molar-refractivity contribution in [3.8, 4) is 11.3 Å². The molecule has 0 fully saturated rings. The molecule has 3 rings (SSSR count). The molecular weight excluding hydrogens is 266 g/mol. The lowest BCUT2D eigenvalue weighted by Gasteiger charge is -2.13. The van der Waals surface area contributed by atoms with Crippen LogP contribution in [0.25, 0.3) is 11.3 Å². The van der Waals surface area contributed by atoms with Gasteiger partial charge in [0.05, 0.1) is 17.9 Å². The van der Waals surface area contributed by atoms with E-state index in [0.29, 0.717) is 0 Å². The summed E-state index contributed by atoms with van der Waals surface area (Å²) in [4.78, 5) is 0. The lowest BCUT2D eigenvalue weighted by molar-refractivity contribution is 0.476. The molecule has 0 spiro atoms. The van der Waals surface area contributed by atoms with Crippen LogP contribution in [0, 0.1) is 0 Å². The molecule has 1 N–H and O–H groups in total. The van der Waals surface area contributed by atoms with Crippen LogP contribution in [-0.2, 0) is 13.1 Å². The maximum absolute atomic E-state index is 4.62. The Labute approximate surface area is 103 Å². The quantitative estimate of drug-likeness (QED) is 0.868. The molecule has 2 aromatic rings. The summed E-state index contributed by atoms with van der Waals surface area (Å²) in [6.07, 6.45) is 0. The van der Waals surface area contributed by atoms with Crippen LogP contribution in [-0.4, -0.2) is 16.3 Å². The van der Waals surface area contributed by atoms with Crippen LogP contribution in [0.1, 0.15) is 5.69 Å². The molecule has 16 heavy (non-hydrogen) atoms. The number of hydrogen-bond acceptors (Lipinski definition) is 2. The van der Waals surface area contributed by atoms with Crippen molar-refractivity contribution >= 4 is 15.9 Å². The molecule has 0 bridgehead atoms. The van der Waals surface area contributed by atoms with E-state index in [1.807, 2.05) is 12.1 Å². The zero-order chi connectivity index (χ0) is 11.0. The van der Waals surface area contributed by atoms with Gasteiger partial charge in [-0.25, -0.2) is 0 Å². The Morgan fingerprint density at radius 1 is 1.31 bits per heavy atom. The number of benzene rings is 1. The van der Waals surface area contributed by atoms with E-state index in [9.17, 15) is 0 Å². The maximum Gasteiger partial charge on any atom is 0.0926 e. The highest BCUT2D eigenvalue weighted by Crippen LogP contribution is 2.23. The third kappa shape index (κ3) is 1.79. The van der Waals surface area contributed by atoms with Crippen LogP contribution in [0.15, 0.2) is 34.8 Å². The highest BCUT2D eigenvalue weighted by Gasteiger charge is 2.12. The number of aromatic nitrogens is 2. The Balaban J connectivity index is 2.03. The molecule has 0 radical (unpaired) electrons. The lowest BCUT2D eigenvalue weighted by atomic mass is 10.1. The van der Waals surface area contributed by atoms with Crippen molar-refractivity contribution in [3.05, 3.63) is 40.5 Å². The van der Waals surface area contributed by atoms with Gasteiger partial charge in [-0.15, -0.1) is 0 Å². The molecule has 0 saturated carbocycles. The third-order valence-electron chi connectivity index (χ3n) is 2.79. The van der Waals surface area contributed by atoms with Crippen LogP contribution in [0.5, 0.6) is 0 Å². The first-order chi connectivity index (χ1) is 7.83. The van der Waals surface area contributed by atoms with Crippen molar-refractivity contribution in [2.45, 2.75) is 13.1 Å². The third-order valence-corrected chi connectivity index (χ3v) is 3.28. The molecule has 1 aliphatic heterocycles. The summed E-state index contributed by atoms with van der Waals surface area (Å²) in [5.41, 5.74) is 3.48. The summed E-state index contributed by atoms with van der Waals surface area (Å²) >= 11 is 3.48. The largest absolute Gasteiger partial charge is 0.309 e. The SMILES string of the molecule is Brc1cccc(-c2cc3n(n2)CCNC3)c1.